The molecule has 0 saturated heterocycles. The van der Waals surface area contributed by atoms with Crippen LogP contribution in [0.2, 0.25) is 5.02 Å². The number of carbonyl (C=O) groups is 1. The lowest BCUT2D eigenvalue weighted by Crippen LogP contribution is -2.29. The fraction of sp³-hybridized carbons (Fsp3) is 0.364. The van der Waals surface area contributed by atoms with Crippen molar-refractivity contribution in [2.75, 3.05) is 26.2 Å². The van der Waals surface area contributed by atoms with E-state index in [0.29, 0.717) is 34.0 Å². The summed E-state index contributed by atoms with van der Waals surface area (Å²) in [5, 5.41) is 3.47. The second-order valence-electron chi connectivity index (χ2n) is 7.03. The molecule has 1 aromatic heterocycles. The van der Waals surface area contributed by atoms with E-state index >= 15 is 0 Å². The summed E-state index contributed by atoms with van der Waals surface area (Å²) in [5.74, 6) is -0.366. The number of nitrogens with one attached hydrogen (secondary N) is 2. The zero-order chi connectivity index (χ0) is 21.0. The Morgan fingerprint density at radius 1 is 1.24 bits per heavy atom. The summed E-state index contributed by atoms with van der Waals surface area (Å²) in [5.41, 5.74) is 2.99. The second-order valence-corrected chi connectivity index (χ2v) is 7.44. The first-order valence-electron chi connectivity index (χ1n) is 9.89. The maximum atomic E-state index is 14.7. The summed E-state index contributed by atoms with van der Waals surface area (Å²) in [6.07, 6.45) is 0.856. The predicted molar refractivity (Wildman–Crippen MR) is 116 cm³/mol. The van der Waals surface area contributed by atoms with Crippen LogP contribution in [0.25, 0.3) is 22.4 Å². The van der Waals surface area contributed by atoms with Crippen LogP contribution in [0.3, 0.4) is 0 Å². The topological polar surface area (TPSA) is 61.0 Å². The van der Waals surface area contributed by atoms with E-state index in [1.165, 1.54) is 6.07 Å². The number of aryl methyl sites for hydroxylation is 1. The van der Waals surface area contributed by atoms with E-state index in [-0.39, 0.29) is 5.91 Å². The number of hydrogen-bond donors (Lipinski definition) is 2. The first-order valence-corrected chi connectivity index (χ1v) is 10.3. The summed E-state index contributed by atoms with van der Waals surface area (Å²) >= 11 is 6.14. The number of benzene rings is 2. The Morgan fingerprint density at radius 3 is 2.69 bits per heavy atom. The molecule has 3 rings (SSSR count). The van der Waals surface area contributed by atoms with E-state index in [9.17, 15) is 9.18 Å². The molecule has 0 bridgehead atoms. The minimum atomic E-state index is -0.498. The molecule has 29 heavy (non-hydrogen) atoms. The van der Waals surface area contributed by atoms with E-state index in [4.69, 9.17) is 11.6 Å². The molecule has 154 valence electrons. The van der Waals surface area contributed by atoms with Gasteiger partial charge in [-0.05, 0) is 68.9 Å². The minimum absolute atomic E-state index is 0.276. The van der Waals surface area contributed by atoms with Gasteiger partial charge in [-0.3, -0.25) is 4.79 Å². The van der Waals surface area contributed by atoms with Crippen LogP contribution in [0.4, 0.5) is 4.39 Å². The molecule has 2 aromatic carbocycles. The van der Waals surface area contributed by atoms with E-state index in [1.54, 1.807) is 18.2 Å². The van der Waals surface area contributed by atoms with Gasteiger partial charge >= 0.3 is 0 Å². The number of aromatic nitrogens is 2. The molecule has 0 fully saturated rings. The SMILES string of the molecule is CCN(CC)CCCNC(=O)c1ccc(-c2nc3cc(Cl)c(C)cc3[nH]2)c(F)c1. The zero-order valence-corrected chi connectivity index (χ0v) is 17.7. The van der Waals surface area contributed by atoms with Gasteiger partial charge in [-0.1, -0.05) is 25.4 Å². The van der Waals surface area contributed by atoms with Crippen molar-refractivity contribution in [3.05, 3.63) is 52.3 Å². The summed E-state index contributed by atoms with van der Waals surface area (Å²) in [4.78, 5) is 22.2. The van der Waals surface area contributed by atoms with Crippen LogP contribution >= 0.6 is 11.6 Å². The second kappa shape index (κ2) is 9.37. The molecule has 0 radical (unpaired) electrons. The van der Waals surface area contributed by atoms with Gasteiger partial charge in [0.05, 0.1) is 16.6 Å². The van der Waals surface area contributed by atoms with Gasteiger partial charge in [0.1, 0.15) is 11.6 Å². The maximum absolute atomic E-state index is 14.7. The Kier molecular flexibility index (Phi) is 6.87. The van der Waals surface area contributed by atoms with Crippen molar-refractivity contribution in [1.82, 2.24) is 20.2 Å². The number of H-pyrrole nitrogens is 1. The lowest BCUT2D eigenvalue weighted by molar-refractivity contribution is 0.0951. The fourth-order valence-corrected chi connectivity index (χ4v) is 3.42. The highest BCUT2D eigenvalue weighted by molar-refractivity contribution is 6.32. The molecule has 0 aliphatic heterocycles. The first-order chi connectivity index (χ1) is 13.9. The van der Waals surface area contributed by atoms with Crippen molar-refractivity contribution in [3.63, 3.8) is 0 Å². The quantitative estimate of drug-likeness (QED) is 0.519. The fourth-order valence-electron chi connectivity index (χ4n) is 3.26. The van der Waals surface area contributed by atoms with Crippen molar-refractivity contribution < 1.29 is 9.18 Å². The maximum Gasteiger partial charge on any atom is 0.251 e. The van der Waals surface area contributed by atoms with Crippen molar-refractivity contribution in [2.24, 2.45) is 0 Å². The largest absolute Gasteiger partial charge is 0.352 e. The molecule has 0 spiro atoms. The van der Waals surface area contributed by atoms with Gasteiger partial charge in [0.15, 0.2) is 0 Å². The Balaban J connectivity index is 1.69. The van der Waals surface area contributed by atoms with Crippen LogP contribution in [0.1, 0.15) is 36.2 Å². The van der Waals surface area contributed by atoms with E-state index < -0.39 is 5.82 Å². The molecule has 0 aliphatic carbocycles. The molecule has 2 N–H and O–H groups in total. The van der Waals surface area contributed by atoms with Crippen LogP contribution in [0.5, 0.6) is 0 Å². The molecule has 0 saturated carbocycles. The van der Waals surface area contributed by atoms with Crippen LogP contribution in [-0.4, -0.2) is 47.0 Å². The average molecular weight is 417 g/mol. The Hall–Kier alpha value is -2.44. The van der Waals surface area contributed by atoms with E-state index in [2.05, 4.69) is 34.0 Å². The number of carbonyl (C=O) groups excluding carboxylic acids is 1. The zero-order valence-electron chi connectivity index (χ0n) is 17.0. The Bertz CT molecular complexity index is 974. The molecular weight excluding hydrogens is 391 g/mol. The van der Waals surface area contributed by atoms with Gasteiger partial charge in [0, 0.05) is 17.1 Å². The number of rotatable bonds is 8. The Morgan fingerprint density at radius 2 is 2.00 bits per heavy atom. The molecule has 5 nitrogen and oxygen atoms in total. The number of hydrogen-bond acceptors (Lipinski definition) is 3. The van der Waals surface area contributed by atoms with Gasteiger partial charge in [-0.15, -0.1) is 0 Å². The van der Waals surface area contributed by atoms with Gasteiger partial charge in [0.2, 0.25) is 0 Å². The van der Waals surface area contributed by atoms with Gasteiger partial charge in [0.25, 0.3) is 5.91 Å². The third kappa shape index (κ3) is 4.95. The number of imidazole rings is 1. The smallest absolute Gasteiger partial charge is 0.251 e. The summed E-state index contributed by atoms with van der Waals surface area (Å²) < 4.78 is 14.7. The number of fused-ring (bicyclic) bond motifs is 1. The van der Waals surface area contributed by atoms with Crippen molar-refractivity contribution in [3.8, 4) is 11.4 Å². The summed E-state index contributed by atoms with van der Waals surface area (Å²) in [7, 11) is 0. The lowest BCUT2D eigenvalue weighted by Gasteiger charge is -2.17. The van der Waals surface area contributed by atoms with Crippen LogP contribution < -0.4 is 5.32 Å². The van der Waals surface area contributed by atoms with Crippen LogP contribution in [0.15, 0.2) is 30.3 Å². The van der Waals surface area contributed by atoms with Gasteiger partial charge < -0.3 is 15.2 Å². The third-order valence-electron chi connectivity index (χ3n) is 5.08. The number of halogens is 2. The predicted octanol–water partition coefficient (Wildman–Crippen LogP) is 4.79. The molecule has 0 atom stereocenters. The Labute approximate surface area is 175 Å². The molecule has 1 heterocycles. The third-order valence-corrected chi connectivity index (χ3v) is 5.49. The molecule has 1 amide bonds. The monoisotopic (exact) mass is 416 g/mol. The normalized spacial score (nSPS) is 11.4. The highest BCUT2D eigenvalue weighted by Gasteiger charge is 2.14. The number of nitrogens with zero attached hydrogens (tertiary/aromatic N) is 2. The molecule has 3 aromatic rings. The van der Waals surface area contributed by atoms with Crippen molar-refractivity contribution in [1.29, 1.82) is 0 Å². The summed E-state index contributed by atoms with van der Waals surface area (Å²) in [6, 6.07) is 8.08. The molecule has 7 heteroatoms. The van der Waals surface area contributed by atoms with E-state index in [0.717, 1.165) is 37.1 Å². The highest BCUT2D eigenvalue weighted by atomic mass is 35.5. The van der Waals surface area contributed by atoms with E-state index in [1.807, 2.05) is 13.0 Å². The van der Waals surface area contributed by atoms with Gasteiger partial charge in [-0.2, -0.15) is 0 Å². The first kappa shape index (κ1) is 21.3. The minimum Gasteiger partial charge on any atom is -0.352 e. The number of aromatic amines is 1. The molecule has 0 aliphatic rings. The van der Waals surface area contributed by atoms with Gasteiger partial charge in [-0.25, -0.2) is 9.37 Å². The molecular formula is C22H26ClFN4O. The number of amides is 1. The van der Waals surface area contributed by atoms with Crippen molar-refractivity contribution in [2.45, 2.75) is 27.2 Å². The van der Waals surface area contributed by atoms with Crippen LogP contribution in [0, 0.1) is 12.7 Å². The lowest BCUT2D eigenvalue weighted by atomic mass is 10.1. The average Bonchev–Trinajstić information content (AvgIpc) is 3.10. The molecule has 0 unspecified atom stereocenters. The standard InChI is InChI=1S/C22H26ClFN4O/c1-4-28(5-2)10-6-9-25-22(29)15-7-8-16(18(24)12-15)21-26-19-11-14(3)17(23)13-20(19)27-21/h7-8,11-13H,4-6,9-10H2,1-3H3,(H,25,29)(H,26,27). The highest BCUT2D eigenvalue weighted by Crippen LogP contribution is 2.27. The van der Waals surface area contributed by atoms with Crippen LogP contribution in [-0.2, 0) is 0 Å². The van der Waals surface area contributed by atoms with Crippen molar-refractivity contribution >= 4 is 28.5 Å². The summed E-state index contributed by atoms with van der Waals surface area (Å²) in [6.45, 7) is 9.60.